The first-order valence-electron chi connectivity index (χ1n) is 11.8. The Morgan fingerprint density at radius 2 is 1.57 bits per heavy atom. The molecule has 6 bridgehead atoms. The lowest BCUT2D eigenvalue weighted by Gasteiger charge is -2.69. The van der Waals surface area contributed by atoms with E-state index in [0.717, 1.165) is 29.4 Å². The van der Waals surface area contributed by atoms with Crippen molar-refractivity contribution in [3.05, 3.63) is 24.3 Å². The SMILES string of the molecule is CC12CC3CC(C)(C1)CC(N1[C@@H]4CC[C@H]1C[C@H](Nc1ccccc1N)C4)(C3)C2. The molecule has 1 aromatic carbocycles. The van der Waals surface area contributed by atoms with Crippen molar-refractivity contribution in [2.75, 3.05) is 11.1 Å². The van der Waals surface area contributed by atoms with Crippen molar-refractivity contribution in [1.82, 2.24) is 4.90 Å². The monoisotopic (exact) mass is 379 g/mol. The second kappa shape index (κ2) is 5.68. The second-order valence-electron chi connectivity index (χ2n) is 12.0. The molecule has 28 heavy (non-hydrogen) atoms. The third kappa shape index (κ3) is 2.57. The summed E-state index contributed by atoms with van der Waals surface area (Å²) in [6, 6.07) is 10.4. The van der Waals surface area contributed by atoms with Crippen LogP contribution in [0.25, 0.3) is 0 Å². The van der Waals surface area contributed by atoms with E-state index in [-0.39, 0.29) is 0 Å². The van der Waals surface area contributed by atoms with Gasteiger partial charge in [-0.3, -0.25) is 4.90 Å². The minimum Gasteiger partial charge on any atom is -0.397 e. The van der Waals surface area contributed by atoms with Gasteiger partial charge in [-0.15, -0.1) is 0 Å². The molecule has 1 aromatic rings. The number of benzene rings is 1. The molecular formula is C25H37N3. The molecule has 0 radical (unpaired) electrons. The fourth-order valence-corrected chi connectivity index (χ4v) is 9.59. The van der Waals surface area contributed by atoms with E-state index in [4.69, 9.17) is 5.73 Å². The summed E-state index contributed by atoms with van der Waals surface area (Å²) in [5, 5.41) is 3.81. The van der Waals surface area contributed by atoms with Gasteiger partial charge in [-0.1, -0.05) is 26.0 Å². The molecule has 3 N–H and O–H groups in total. The standard InChI is InChI=1S/C25H37N3/c1-23-11-17-12-24(2,14-23)16-25(13-17,15-23)28-19-7-8-20(28)10-18(9-19)27-22-6-4-3-5-21(22)26/h3-6,17-20,27H,7-16,26H2,1-2H3/t17?,18-,19-,20+,23?,24?,25?. The third-order valence-electron chi connectivity index (χ3n) is 9.20. The van der Waals surface area contributed by atoms with Gasteiger partial charge in [-0.25, -0.2) is 0 Å². The Labute approximate surface area is 170 Å². The maximum Gasteiger partial charge on any atom is 0.0576 e. The van der Waals surface area contributed by atoms with Crippen LogP contribution in [0.15, 0.2) is 24.3 Å². The summed E-state index contributed by atoms with van der Waals surface area (Å²) in [5.41, 5.74) is 9.98. The third-order valence-corrected chi connectivity index (χ3v) is 9.20. The molecule has 2 heterocycles. The van der Waals surface area contributed by atoms with Crippen LogP contribution >= 0.6 is 0 Å². The van der Waals surface area contributed by atoms with Crippen LogP contribution in [0.3, 0.4) is 0 Å². The van der Waals surface area contributed by atoms with Gasteiger partial charge in [0.15, 0.2) is 0 Å². The number of fused-ring (bicyclic) bond motifs is 2. The van der Waals surface area contributed by atoms with Gasteiger partial charge in [-0.2, -0.15) is 0 Å². The molecule has 7 rings (SSSR count). The first-order valence-corrected chi connectivity index (χ1v) is 11.8. The van der Waals surface area contributed by atoms with Gasteiger partial charge in [0.2, 0.25) is 0 Å². The van der Waals surface area contributed by atoms with Crippen LogP contribution in [0.1, 0.15) is 78.1 Å². The molecule has 3 heteroatoms. The van der Waals surface area contributed by atoms with E-state index in [1.807, 2.05) is 12.1 Å². The molecule has 2 saturated heterocycles. The van der Waals surface area contributed by atoms with Crippen molar-refractivity contribution in [3.8, 4) is 0 Å². The average Bonchev–Trinajstić information content (AvgIpc) is 2.86. The zero-order valence-corrected chi connectivity index (χ0v) is 17.7. The summed E-state index contributed by atoms with van der Waals surface area (Å²) in [4.78, 5) is 3.11. The summed E-state index contributed by atoms with van der Waals surface area (Å²) < 4.78 is 0. The highest BCUT2D eigenvalue weighted by Gasteiger charge is 2.64. The Bertz CT molecular complexity index is 756. The number of piperidine rings is 1. The molecule has 2 aliphatic heterocycles. The van der Waals surface area contributed by atoms with E-state index in [1.165, 1.54) is 64.2 Å². The fraction of sp³-hybridized carbons (Fsp3) is 0.760. The number of para-hydroxylation sites is 2. The number of nitrogen functional groups attached to an aromatic ring is 1. The number of nitrogens with zero attached hydrogens (tertiary/aromatic N) is 1. The van der Waals surface area contributed by atoms with Crippen LogP contribution in [0, 0.1) is 16.7 Å². The summed E-state index contributed by atoms with van der Waals surface area (Å²) in [6.45, 7) is 5.25. The first kappa shape index (κ1) is 17.6. The maximum atomic E-state index is 6.21. The highest BCUT2D eigenvalue weighted by atomic mass is 15.3. The zero-order valence-electron chi connectivity index (χ0n) is 17.7. The van der Waals surface area contributed by atoms with Crippen LogP contribution in [0.5, 0.6) is 0 Å². The molecule has 6 fully saturated rings. The first-order chi connectivity index (χ1) is 13.4. The van der Waals surface area contributed by atoms with Crippen molar-refractivity contribution in [3.63, 3.8) is 0 Å². The molecular weight excluding hydrogens is 342 g/mol. The van der Waals surface area contributed by atoms with Gasteiger partial charge in [0.1, 0.15) is 0 Å². The lowest BCUT2D eigenvalue weighted by atomic mass is 9.42. The summed E-state index contributed by atoms with van der Waals surface area (Å²) >= 11 is 0. The number of hydrogen-bond donors (Lipinski definition) is 2. The fourth-order valence-electron chi connectivity index (χ4n) is 9.59. The number of rotatable bonds is 3. The predicted molar refractivity (Wildman–Crippen MR) is 116 cm³/mol. The van der Waals surface area contributed by atoms with Crippen molar-refractivity contribution < 1.29 is 0 Å². The van der Waals surface area contributed by atoms with Crippen LogP contribution < -0.4 is 11.1 Å². The summed E-state index contributed by atoms with van der Waals surface area (Å²) in [7, 11) is 0. The number of nitrogens with two attached hydrogens (primary N) is 1. The van der Waals surface area contributed by atoms with Crippen LogP contribution in [-0.2, 0) is 0 Å². The Balaban J connectivity index is 1.25. The summed E-state index contributed by atoms with van der Waals surface area (Å²) in [6.07, 6.45) is 14.4. The number of hydrogen-bond acceptors (Lipinski definition) is 3. The summed E-state index contributed by atoms with van der Waals surface area (Å²) in [5.74, 6) is 0.991. The van der Waals surface area contributed by atoms with Crippen LogP contribution in [0.4, 0.5) is 11.4 Å². The van der Waals surface area contributed by atoms with E-state index in [0.29, 0.717) is 22.4 Å². The highest BCUT2D eigenvalue weighted by Crippen LogP contribution is 2.69. The molecule has 2 unspecified atom stereocenters. The van der Waals surface area contributed by atoms with Crippen molar-refractivity contribution >= 4 is 11.4 Å². The van der Waals surface area contributed by atoms with Crippen molar-refractivity contribution in [1.29, 1.82) is 0 Å². The minimum absolute atomic E-state index is 0.519. The highest BCUT2D eigenvalue weighted by molar-refractivity contribution is 5.66. The largest absolute Gasteiger partial charge is 0.397 e. The van der Waals surface area contributed by atoms with Gasteiger partial charge >= 0.3 is 0 Å². The predicted octanol–water partition coefficient (Wildman–Crippen LogP) is 5.43. The lowest BCUT2D eigenvalue weighted by Crippen LogP contribution is -2.68. The molecule has 152 valence electrons. The smallest absolute Gasteiger partial charge is 0.0576 e. The Morgan fingerprint density at radius 3 is 2.18 bits per heavy atom. The van der Waals surface area contributed by atoms with E-state index < -0.39 is 0 Å². The van der Waals surface area contributed by atoms with Gasteiger partial charge in [0, 0.05) is 23.7 Å². The normalized spacial score (nSPS) is 49.5. The molecule has 4 saturated carbocycles. The number of anilines is 2. The lowest BCUT2D eigenvalue weighted by molar-refractivity contribution is -0.178. The van der Waals surface area contributed by atoms with Crippen molar-refractivity contribution in [2.45, 2.75) is 102 Å². The van der Waals surface area contributed by atoms with Crippen LogP contribution in [-0.4, -0.2) is 28.6 Å². The van der Waals surface area contributed by atoms with E-state index >= 15 is 0 Å². The number of nitrogens with one attached hydrogen (secondary N) is 1. The molecule has 0 amide bonds. The Morgan fingerprint density at radius 1 is 0.929 bits per heavy atom. The Hall–Kier alpha value is -1.22. The second-order valence-corrected chi connectivity index (χ2v) is 12.0. The van der Waals surface area contributed by atoms with E-state index in [9.17, 15) is 0 Å². The molecule has 5 atom stereocenters. The zero-order chi connectivity index (χ0) is 19.1. The average molecular weight is 380 g/mol. The molecule has 0 spiro atoms. The molecule has 6 aliphatic rings. The molecule has 4 aliphatic carbocycles. The topological polar surface area (TPSA) is 41.3 Å². The maximum absolute atomic E-state index is 6.21. The van der Waals surface area contributed by atoms with Crippen molar-refractivity contribution in [2.24, 2.45) is 16.7 Å². The van der Waals surface area contributed by atoms with Gasteiger partial charge in [-0.05, 0) is 93.1 Å². The molecule has 3 nitrogen and oxygen atoms in total. The van der Waals surface area contributed by atoms with Crippen LogP contribution in [0.2, 0.25) is 0 Å². The van der Waals surface area contributed by atoms with E-state index in [1.54, 1.807) is 0 Å². The van der Waals surface area contributed by atoms with Gasteiger partial charge in [0.25, 0.3) is 0 Å². The molecule has 0 aromatic heterocycles. The van der Waals surface area contributed by atoms with E-state index in [2.05, 4.69) is 36.2 Å². The quantitative estimate of drug-likeness (QED) is 0.689. The van der Waals surface area contributed by atoms with Gasteiger partial charge in [0.05, 0.1) is 11.4 Å². The minimum atomic E-state index is 0.519. The van der Waals surface area contributed by atoms with Gasteiger partial charge < -0.3 is 11.1 Å². The Kier molecular flexibility index (Phi) is 3.58.